The zero-order chi connectivity index (χ0) is 18.4. The topological polar surface area (TPSA) is 73.2 Å². The van der Waals surface area contributed by atoms with Gasteiger partial charge >= 0.3 is 5.97 Å². The van der Waals surface area contributed by atoms with Gasteiger partial charge in [-0.1, -0.05) is 36.4 Å². The molecule has 1 saturated carbocycles. The van der Waals surface area contributed by atoms with Gasteiger partial charge in [0.15, 0.2) is 6.61 Å². The predicted molar refractivity (Wildman–Crippen MR) is 99.1 cm³/mol. The van der Waals surface area contributed by atoms with Crippen molar-refractivity contribution < 1.29 is 14.3 Å². The lowest BCUT2D eigenvalue weighted by Crippen LogP contribution is -2.21. The van der Waals surface area contributed by atoms with E-state index >= 15 is 0 Å². The van der Waals surface area contributed by atoms with Crippen molar-refractivity contribution in [2.24, 2.45) is 0 Å². The van der Waals surface area contributed by atoms with E-state index in [-0.39, 0.29) is 6.61 Å². The Balaban J connectivity index is 1.67. The molecule has 0 atom stereocenters. The first-order valence-electron chi connectivity index (χ1n) is 8.58. The number of allylic oxidation sites excluding steroid dienone is 3. The summed E-state index contributed by atoms with van der Waals surface area (Å²) in [7, 11) is 0. The average Bonchev–Trinajstić information content (AvgIpc) is 3.42. The fourth-order valence-electron chi connectivity index (χ4n) is 2.44. The third kappa shape index (κ3) is 4.69. The summed E-state index contributed by atoms with van der Waals surface area (Å²) in [6.07, 6.45) is 8.57. The number of carbonyl (C=O) groups excluding carboxylic acids is 2. The minimum absolute atomic E-state index is 0.349. The number of hydrogen-bond acceptors (Lipinski definition) is 4. The number of hydrogen-bond donors (Lipinski definition) is 1. The third-order valence-electron chi connectivity index (χ3n) is 3.87. The molecule has 1 fully saturated rings. The van der Waals surface area contributed by atoms with Crippen molar-refractivity contribution in [3.8, 4) is 5.69 Å². The minimum atomic E-state index is -0.562. The number of nitrogens with one attached hydrogen (secondary N) is 1. The summed E-state index contributed by atoms with van der Waals surface area (Å²) >= 11 is 0. The number of rotatable bonds is 7. The quantitative estimate of drug-likeness (QED) is 0.472. The fourth-order valence-corrected chi connectivity index (χ4v) is 2.44. The number of anilines is 1. The molecule has 1 aliphatic rings. The van der Waals surface area contributed by atoms with Gasteiger partial charge < -0.3 is 10.1 Å². The van der Waals surface area contributed by atoms with Crippen LogP contribution in [-0.4, -0.2) is 28.3 Å². The lowest BCUT2D eigenvalue weighted by molar-refractivity contribution is -0.142. The van der Waals surface area contributed by atoms with E-state index in [4.69, 9.17) is 4.74 Å². The largest absolute Gasteiger partial charge is 0.452 e. The van der Waals surface area contributed by atoms with Crippen LogP contribution in [0.4, 0.5) is 5.82 Å². The molecule has 1 heterocycles. The van der Waals surface area contributed by atoms with Gasteiger partial charge in [0.1, 0.15) is 5.82 Å². The average molecular weight is 351 g/mol. The Bertz CT molecular complexity index is 833. The Labute approximate surface area is 152 Å². The molecule has 0 radical (unpaired) electrons. The van der Waals surface area contributed by atoms with Gasteiger partial charge in [-0.15, -0.1) is 0 Å². The standard InChI is InChI=1S/C20H21N3O3/c1-2-3-5-10-20(25)26-14-19(24)21-18-13-17(15-11-12-15)22-23(18)16-8-6-4-7-9-16/h2-10,13,15H,11-12,14H2,1H3,(H,21,24)/b3-2+,10-5+. The number of amides is 1. The Morgan fingerprint density at radius 2 is 2.04 bits per heavy atom. The van der Waals surface area contributed by atoms with Crippen molar-refractivity contribution in [1.29, 1.82) is 0 Å². The molecule has 1 N–H and O–H groups in total. The van der Waals surface area contributed by atoms with Crippen molar-refractivity contribution in [3.63, 3.8) is 0 Å². The number of benzene rings is 1. The second kappa shape index (κ2) is 8.29. The van der Waals surface area contributed by atoms with Crippen LogP contribution in [0.25, 0.3) is 5.69 Å². The highest BCUT2D eigenvalue weighted by Crippen LogP contribution is 2.40. The van der Waals surface area contributed by atoms with Crippen LogP contribution in [0.2, 0.25) is 0 Å². The molecule has 0 unspecified atom stereocenters. The van der Waals surface area contributed by atoms with E-state index in [1.54, 1.807) is 22.9 Å². The molecule has 2 aromatic rings. The zero-order valence-electron chi connectivity index (χ0n) is 14.6. The first kappa shape index (κ1) is 17.7. The number of para-hydroxylation sites is 1. The highest BCUT2D eigenvalue weighted by atomic mass is 16.5. The first-order valence-corrected chi connectivity index (χ1v) is 8.58. The maximum Gasteiger partial charge on any atom is 0.331 e. The van der Waals surface area contributed by atoms with Crippen LogP contribution in [-0.2, 0) is 14.3 Å². The van der Waals surface area contributed by atoms with Crippen LogP contribution in [0.15, 0.2) is 60.7 Å². The van der Waals surface area contributed by atoms with Crippen LogP contribution in [0.1, 0.15) is 31.4 Å². The van der Waals surface area contributed by atoms with Gasteiger partial charge in [0.05, 0.1) is 11.4 Å². The second-order valence-electron chi connectivity index (χ2n) is 6.02. The van der Waals surface area contributed by atoms with E-state index in [1.165, 1.54) is 6.08 Å². The SMILES string of the molecule is C/C=C/C=C/C(=O)OCC(=O)Nc1cc(C2CC2)nn1-c1ccccc1. The van der Waals surface area contributed by atoms with Crippen molar-refractivity contribution in [3.05, 3.63) is 66.4 Å². The molecule has 6 heteroatoms. The molecule has 6 nitrogen and oxygen atoms in total. The van der Waals surface area contributed by atoms with Crippen LogP contribution in [0.5, 0.6) is 0 Å². The molecule has 1 amide bonds. The molecule has 0 aliphatic heterocycles. The van der Waals surface area contributed by atoms with Crippen LogP contribution >= 0.6 is 0 Å². The smallest absolute Gasteiger partial charge is 0.331 e. The van der Waals surface area contributed by atoms with E-state index in [0.717, 1.165) is 24.2 Å². The lowest BCUT2D eigenvalue weighted by atomic mass is 10.3. The molecule has 0 bridgehead atoms. The third-order valence-corrected chi connectivity index (χ3v) is 3.87. The second-order valence-corrected chi connectivity index (χ2v) is 6.02. The van der Waals surface area contributed by atoms with E-state index in [1.807, 2.05) is 43.3 Å². The molecular weight excluding hydrogens is 330 g/mol. The van der Waals surface area contributed by atoms with Gasteiger partial charge in [-0.05, 0) is 31.9 Å². The predicted octanol–water partition coefficient (Wildman–Crippen LogP) is 3.36. The van der Waals surface area contributed by atoms with Gasteiger partial charge in [0.25, 0.3) is 5.91 Å². The molecular formula is C20H21N3O3. The van der Waals surface area contributed by atoms with Crippen molar-refractivity contribution in [2.45, 2.75) is 25.7 Å². The van der Waals surface area contributed by atoms with Crippen LogP contribution in [0.3, 0.4) is 0 Å². The van der Waals surface area contributed by atoms with Gasteiger partial charge in [-0.3, -0.25) is 4.79 Å². The summed E-state index contributed by atoms with van der Waals surface area (Å²) in [6, 6.07) is 11.5. The molecule has 3 rings (SSSR count). The first-order chi connectivity index (χ1) is 12.7. The molecule has 1 aromatic heterocycles. The number of ether oxygens (including phenoxy) is 1. The molecule has 1 aromatic carbocycles. The summed E-state index contributed by atoms with van der Waals surface area (Å²) in [4.78, 5) is 23.7. The molecule has 0 saturated heterocycles. The van der Waals surface area contributed by atoms with Gasteiger partial charge in [-0.2, -0.15) is 5.10 Å². The molecule has 1 aliphatic carbocycles. The summed E-state index contributed by atoms with van der Waals surface area (Å²) in [5.74, 6) is 0.0690. The monoisotopic (exact) mass is 351 g/mol. The highest BCUT2D eigenvalue weighted by molar-refractivity contribution is 5.93. The Morgan fingerprint density at radius 3 is 2.73 bits per heavy atom. The van der Waals surface area contributed by atoms with Crippen molar-refractivity contribution in [2.75, 3.05) is 11.9 Å². The summed E-state index contributed by atoms with van der Waals surface area (Å²) in [6.45, 7) is 1.49. The number of carbonyl (C=O) groups is 2. The van der Waals surface area contributed by atoms with Gasteiger partial charge in [0.2, 0.25) is 0 Å². The lowest BCUT2D eigenvalue weighted by Gasteiger charge is -2.08. The minimum Gasteiger partial charge on any atom is -0.452 e. The molecule has 26 heavy (non-hydrogen) atoms. The molecule has 0 spiro atoms. The maximum atomic E-state index is 12.2. The zero-order valence-corrected chi connectivity index (χ0v) is 14.6. The van der Waals surface area contributed by atoms with Crippen molar-refractivity contribution in [1.82, 2.24) is 9.78 Å². The van der Waals surface area contributed by atoms with E-state index in [2.05, 4.69) is 10.4 Å². The summed E-state index contributed by atoms with van der Waals surface area (Å²) in [5.41, 5.74) is 1.83. The number of nitrogens with zero attached hydrogens (tertiary/aromatic N) is 2. The van der Waals surface area contributed by atoms with Gasteiger partial charge in [-0.25, -0.2) is 9.48 Å². The normalized spacial score (nSPS) is 14.0. The Hall–Kier alpha value is -3.15. The number of aromatic nitrogens is 2. The number of esters is 1. The van der Waals surface area contributed by atoms with Crippen LogP contribution < -0.4 is 5.32 Å². The molecule has 134 valence electrons. The van der Waals surface area contributed by atoms with Crippen LogP contribution in [0, 0.1) is 0 Å². The van der Waals surface area contributed by atoms with Crippen molar-refractivity contribution >= 4 is 17.7 Å². The maximum absolute atomic E-state index is 12.2. The summed E-state index contributed by atoms with van der Waals surface area (Å²) in [5, 5.41) is 7.40. The van der Waals surface area contributed by atoms with E-state index in [9.17, 15) is 9.59 Å². The fraction of sp³-hybridized carbons (Fsp3) is 0.250. The van der Waals surface area contributed by atoms with E-state index < -0.39 is 11.9 Å². The highest BCUT2D eigenvalue weighted by Gasteiger charge is 2.28. The van der Waals surface area contributed by atoms with Gasteiger partial charge in [0, 0.05) is 18.1 Å². The van der Waals surface area contributed by atoms with E-state index in [0.29, 0.717) is 11.7 Å². The Morgan fingerprint density at radius 1 is 1.27 bits per heavy atom. The Kier molecular flexibility index (Phi) is 5.63. The summed E-state index contributed by atoms with van der Waals surface area (Å²) < 4.78 is 6.64.